The molecule has 13 nitrogen and oxygen atoms in total. The fourth-order valence-corrected chi connectivity index (χ4v) is 4.73. The third-order valence-electron chi connectivity index (χ3n) is 7.23. The summed E-state index contributed by atoms with van der Waals surface area (Å²) in [4.78, 5) is 12.7. The van der Waals surface area contributed by atoms with E-state index in [0.717, 1.165) is 0 Å². The Balaban J connectivity index is 1.32. The molecule has 2 aliphatic heterocycles. The highest BCUT2D eigenvalue weighted by Crippen LogP contribution is 2.30. The highest BCUT2D eigenvalue weighted by molar-refractivity contribution is 5.80. The fourth-order valence-electron chi connectivity index (χ4n) is 4.73. The first-order valence-corrected chi connectivity index (χ1v) is 13.0. The molecule has 0 amide bonds. The Morgan fingerprint density at radius 3 is 2.12 bits per heavy atom. The van der Waals surface area contributed by atoms with Gasteiger partial charge in [-0.2, -0.15) is 0 Å². The normalized spacial score (nSPS) is 34.0. The first-order valence-electron chi connectivity index (χ1n) is 13.0. The third kappa shape index (κ3) is 5.95. The van der Waals surface area contributed by atoms with Gasteiger partial charge < -0.3 is 58.7 Å². The summed E-state index contributed by atoms with van der Waals surface area (Å²) in [6, 6.07) is 12.7. The minimum absolute atomic E-state index is 0.136. The number of hydrogen-bond donors (Lipinski definition) is 6. The Morgan fingerprint density at radius 1 is 0.756 bits per heavy atom. The van der Waals surface area contributed by atoms with Crippen molar-refractivity contribution in [3.63, 3.8) is 0 Å². The van der Waals surface area contributed by atoms with Crippen LogP contribution in [0.25, 0.3) is 22.3 Å². The lowest BCUT2D eigenvalue weighted by atomic mass is 9.98. The van der Waals surface area contributed by atoms with Gasteiger partial charge in [0.25, 0.3) is 0 Å². The summed E-state index contributed by atoms with van der Waals surface area (Å²) < 4.78 is 33.4. The summed E-state index contributed by atoms with van der Waals surface area (Å²) >= 11 is 0. The minimum atomic E-state index is -1.69. The number of methoxy groups -OCH3 is 1. The van der Waals surface area contributed by atoms with Gasteiger partial charge in [0, 0.05) is 17.7 Å². The van der Waals surface area contributed by atoms with Crippen LogP contribution in [-0.4, -0.2) is 106 Å². The van der Waals surface area contributed by atoms with Crippen molar-refractivity contribution in [2.75, 3.05) is 13.7 Å². The van der Waals surface area contributed by atoms with Gasteiger partial charge in [-0.05, 0) is 43.3 Å². The number of aliphatic hydroxyl groups is 6. The standard InChI is InChI=1S/C28H32O13/c1-12-21(30)23(32)25(34)27(38-12)37-11-20-22(31)24(33)26(35)28(41-20)39-15-7-8-16-17(29)10-18(40-19(16)9-15)13-3-5-14(36-2)6-4-13/h3-10,12,20-28,30-35H,11H2,1-2H3. The fraction of sp³-hybridized carbons (Fsp3) is 0.464. The van der Waals surface area contributed by atoms with Crippen molar-refractivity contribution in [2.24, 2.45) is 0 Å². The molecule has 3 aromatic rings. The predicted molar refractivity (Wildman–Crippen MR) is 140 cm³/mol. The zero-order valence-corrected chi connectivity index (χ0v) is 22.1. The molecule has 0 spiro atoms. The molecule has 2 fully saturated rings. The molecule has 0 aliphatic carbocycles. The molecule has 3 heterocycles. The van der Waals surface area contributed by atoms with Crippen molar-refractivity contribution in [1.29, 1.82) is 0 Å². The smallest absolute Gasteiger partial charge is 0.229 e. The Morgan fingerprint density at radius 2 is 1.41 bits per heavy atom. The number of aliphatic hydroxyl groups excluding tert-OH is 6. The average molecular weight is 577 g/mol. The topological polar surface area (TPSA) is 198 Å². The van der Waals surface area contributed by atoms with E-state index in [1.165, 1.54) is 31.2 Å². The van der Waals surface area contributed by atoms with E-state index in [2.05, 4.69) is 0 Å². The molecule has 2 aromatic carbocycles. The van der Waals surface area contributed by atoms with Crippen LogP contribution in [-0.2, 0) is 14.2 Å². The summed E-state index contributed by atoms with van der Waals surface area (Å²) in [5.74, 6) is 1.09. The van der Waals surface area contributed by atoms with E-state index in [1.54, 1.807) is 31.4 Å². The van der Waals surface area contributed by atoms with Crippen LogP contribution in [0, 0.1) is 0 Å². The van der Waals surface area contributed by atoms with Crippen LogP contribution in [0.4, 0.5) is 0 Å². The van der Waals surface area contributed by atoms with E-state index < -0.39 is 68.0 Å². The van der Waals surface area contributed by atoms with Crippen molar-refractivity contribution in [3.05, 3.63) is 58.8 Å². The van der Waals surface area contributed by atoms with Gasteiger partial charge in [-0.1, -0.05) is 0 Å². The van der Waals surface area contributed by atoms with Gasteiger partial charge >= 0.3 is 0 Å². The van der Waals surface area contributed by atoms with Crippen molar-refractivity contribution in [1.82, 2.24) is 0 Å². The summed E-state index contributed by atoms with van der Waals surface area (Å²) in [5, 5.41) is 61.7. The molecule has 222 valence electrons. The molecule has 6 N–H and O–H groups in total. The van der Waals surface area contributed by atoms with Gasteiger partial charge in [-0.15, -0.1) is 0 Å². The second-order valence-corrected chi connectivity index (χ2v) is 10.0. The van der Waals surface area contributed by atoms with Crippen LogP contribution in [0.5, 0.6) is 11.5 Å². The molecule has 10 unspecified atom stereocenters. The van der Waals surface area contributed by atoms with Crippen LogP contribution in [0.15, 0.2) is 57.7 Å². The monoisotopic (exact) mass is 576 g/mol. The van der Waals surface area contributed by atoms with Gasteiger partial charge in [-0.25, -0.2) is 0 Å². The quantitative estimate of drug-likeness (QED) is 0.211. The molecule has 41 heavy (non-hydrogen) atoms. The maximum atomic E-state index is 12.7. The lowest BCUT2D eigenvalue weighted by molar-refractivity contribution is -0.318. The second-order valence-electron chi connectivity index (χ2n) is 10.0. The molecule has 10 atom stereocenters. The maximum Gasteiger partial charge on any atom is 0.229 e. The number of rotatable bonds is 7. The number of ether oxygens (including phenoxy) is 5. The molecule has 0 saturated carbocycles. The van der Waals surface area contributed by atoms with Crippen LogP contribution in [0.3, 0.4) is 0 Å². The lowest BCUT2D eigenvalue weighted by Crippen LogP contribution is -2.61. The van der Waals surface area contributed by atoms with Gasteiger partial charge in [0.1, 0.15) is 65.6 Å². The van der Waals surface area contributed by atoms with E-state index in [-0.39, 0.29) is 22.1 Å². The number of benzene rings is 2. The summed E-state index contributed by atoms with van der Waals surface area (Å²) in [7, 11) is 1.54. The van der Waals surface area contributed by atoms with Crippen molar-refractivity contribution >= 4 is 11.0 Å². The SMILES string of the molecule is COc1ccc(-c2cc(=O)c3ccc(OC4OC(COC5OC(C)C(O)C(O)C5O)C(O)C(O)C4O)cc3o2)cc1. The van der Waals surface area contributed by atoms with Gasteiger partial charge in [0.15, 0.2) is 11.7 Å². The largest absolute Gasteiger partial charge is 0.497 e. The first kappa shape index (κ1) is 29.4. The second kappa shape index (κ2) is 12.0. The van der Waals surface area contributed by atoms with Crippen LogP contribution in [0.2, 0.25) is 0 Å². The summed E-state index contributed by atoms with van der Waals surface area (Å²) in [6.07, 6.45) is -14.3. The van der Waals surface area contributed by atoms with Crippen molar-refractivity contribution in [2.45, 2.75) is 68.3 Å². The average Bonchev–Trinajstić information content (AvgIpc) is 2.97. The highest BCUT2D eigenvalue weighted by atomic mass is 16.7. The maximum absolute atomic E-state index is 12.7. The highest BCUT2D eigenvalue weighted by Gasteiger charge is 2.47. The molecule has 5 rings (SSSR count). The molecular formula is C28H32O13. The van der Waals surface area contributed by atoms with E-state index in [4.69, 9.17) is 28.1 Å². The lowest BCUT2D eigenvalue weighted by Gasteiger charge is -2.42. The third-order valence-corrected chi connectivity index (χ3v) is 7.23. The molecule has 13 heteroatoms. The minimum Gasteiger partial charge on any atom is -0.497 e. The molecular weight excluding hydrogens is 544 g/mol. The zero-order chi connectivity index (χ0) is 29.4. The van der Waals surface area contributed by atoms with Gasteiger partial charge in [0.05, 0.1) is 25.2 Å². The predicted octanol–water partition coefficient (Wildman–Crippen LogP) is -0.501. The Bertz CT molecular complexity index is 1390. The number of fused-ring (bicyclic) bond motifs is 1. The Hall–Kier alpha value is -3.11. The first-order chi connectivity index (χ1) is 19.6. The van der Waals surface area contributed by atoms with E-state index >= 15 is 0 Å². The van der Waals surface area contributed by atoms with Crippen molar-refractivity contribution in [3.8, 4) is 22.8 Å². The molecule has 0 radical (unpaired) electrons. The van der Waals surface area contributed by atoms with Crippen LogP contribution in [0.1, 0.15) is 6.92 Å². The molecule has 0 bridgehead atoms. The van der Waals surface area contributed by atoms with E-state index in [0.29, 0.717) is 17.1 Å². The Kier molecular flexibility index (Phi) is 8.61. The number of hydrogen-bond acceptors (Lipinski definition) is 13. The van der Waals surface area contributed by atoms with Crippen LogP contribution >= 0.6 is 0 Å². The van der Waals surface area contributed by atoms with E-state index in [1.807, 2.05) is 0 Å². The zero-order valence-electron chi connectivity index (χ0n) is 22.1. The summed E-state index contributed by atoms with van der Waals surface area (Å²) in [5.41, 5.74) is 0.558. The molecule has 1 aromatic heterocycles. The summed E-state index contributed by atoms with van der Waals surface area (Å²) in [6.45, 7) is 1.05. The van der Waals surface area contributed by atoms with Gasteiger partial charge in [-0.3, -0.25) is 4.79 Å². The van der Waals surface area contributed by atoms with Crippen LogP contribution < -0.4 is 14.9 Å². The molecule has 2 saturated heterocycles. The van der Waals surface area contributed by atoms with Crippen molar-refractivity contribution < 1.29 is 58.7 Å². The Labute approximate surface area is 233 Å². The van der Waals surface area contributed by atoms with Gasteiger partial charge in [0.2, 0.25) is 6.29 Å². The van der Waals surface area contributed by atoms with E-state index in [9.17, 15) is 35.4 Å². The molecule has 2 aliphatic rings.